The fourth-order valence-electron chi connectivity index (χ4n) is 3.36. The summed E-state index contributed by atoms with van der Waals surface area (Å²) in [6.45, 7) is 4.91. The van der Waals surface area contributed by atoms with E-state index in [0.29, 0.717) is 18.1 Å². The number of nitrogens with one attached hydrogen (secondary N) is 1. The van der Waals surface area contributed by atoms with Crippen LogP contribution < -0.4 is 5.32 Å². The fraction of sp³-hybridized carbons (Fsp3) is 0.333. The summed E-state index contributed by atoms with van der Waals surface area (Å²) in [6.07, 6.45) is 1.09. The highest BCUT2D eigenvalue weighted by Crippen LogP contribution is 2.26. The number of amides is 2. The molecule has 3 rings (SSSR count). The quantitative estimate of drug-likeness (QED) is 0.857. The number of anilines is 1. The van der Waals surface area contributed by atoms with E-state index in [-0.39, 0.29) is 24.2 Å². The van der Waals surface area contributed by atoms with Gasteiger partial charge in [0, 0.05) is 30.2 Å². The number of rotatable bonds is 5. The van der Waals surface area contributed by atoms with Gasteiger partial charge in [-0.15, -0.1) is 0 Å². The highest BCUT2D eigenvalue weighted by molar-refractivity contribution is 6.31. The van der Waals surface area contributed by atoms with Crippen molar-refractivity contribution in [2.75, 3.05) is 11.9 Å². The summed E-state index contributed by atoms with van der Waals surface area (Å²) in [7, 11) is 0. The van der Waals surface area contributed by atoms with E-state index in [1.165, 1.54) is 0 Å². The Labute approximate surface area is 159 Å². The number of carbonyl (C=O) groups excluding carboxylic acids is 2. The second-order valence-corrected chi connectivity index (χ2v) is 7.13. The van der Waals surface area contributed by atoms with Crippen LogP contribution in [-0.4, -0.2) is 23.3 Å². The van der Waals surface area contributed by atoms with Crippen molar-refractivity contribution in [3.8, 4) is 0 Å². The van der Waals surface area contributed by atoms with Gasteiger partial charge in [0.2, 0.25) is 11.8 Å². The smallest absolute Gasteiger partial charge is 0.229 e. The van der Waals surface area contributed by atoms with Gasteiger partial charge in [-0.1, -0.05) is 54.9 Å². The Morgan fingerprint density at radius 1 is 1.19 bits per heavy atom. The monoisotopic (exact) mass is 370 g/mol. The second kappa shape index (κ2) is 7.92. The zero-order valence-electron chi connectivity index (χ0n) is 15.1. The molecule has 1 saturated heterocycles. The number of hydrogen-bond donors (Lipinski definition) is 1. The third kappa shape index (κ3) is 3.91. The van der Waals surface area contributed by atoms with E-state index in [9.17, 15) is 9.59 Å². The molecule has 1 fully saturated rings. The molecule has 2 amide bonds. The first-order valence-electron chi connectivity index (χ1n) is 8.90. The molecular formula is C21H23ClN2O2. The molecule has 5 heteroatoms. The van der Waals surface area contributed by atoms with E-state index in [0.717, 1.165) is 28.8 Å². The molecule has 1 aliphatic rings. The number of aryl methyl sites for hydroxylation is 2. The fourth-order valence-corrected chi connectivity index (χ4v) is 3.56. The Morgan fingerprint density at radius 3 is 2.65 bits per heavy atom. The average molecular weight is 371 g/mol. The van der Waals surface area contributed by atoms with Crippen molar-refractivity contribution in [2.24, 2.45) is 5.92 Å². The van der Waals surface area contributed by atoms with E-state index in [4.69, 9.17) is 11.6 Å². The van der Waals surface area contributed by atoms with Gasteiger partial charge in [-0.3, -0.25) is 9.59 Å². The number of hydrogen-bond acceptors (Lipinski definition) is 2. The van der Waals surface area contributed by atoms with Gasteiger partial charge < -0.3 is 10.2 Å². The first-order chi connectivity index (χ1) is 12.5. The van der Waals surface area contributed by atoms with E-state index in [2.05, 4.69) is 12.2 Å². The minimum atomic E-state index is -0.339. The lowest BCUT2D eigenvalue weighted by atomic mass is 10.0. The maximum Gasteiger partial charge on any atom is 0.229 e. The average Bonchev–Trinajstić information content (AvgIpc) is 2.99. The molecule has 1 N–H and O–H groups in total. The summed E-state index contributed by atoms with van der Waals surface area (Å²) < 4.78 is 0. The van der Waals surface area contributed by atoms with Gasteiger partial charge in [-0.25, -0.2) is 0 Å². The molecule has 0 saturated carbocycles. The minimum Gasteiger partial charge on any atom is -0.337 e. The van der Waals surface area contributed by atoms with Crippen molar-refractivity contribution in [2.45, 2.75) is 33.2 Å². The topological polar surface area (TPSA) is 49.4 Å². The van der Waals surface area contributed by atoms with Crippen molar-refractivity contribution in [3.05, 3.63) is 64.2 Å². The molecule has 1 unspecified atom stereocenters. The van der Waals surface area contributed by atoms with E-state index < -0.39 is 0 Å². The normalized spacial score (nSPS) is 16.8. The van der Waals surface area contributed by atoms with Crippen LogP contribution in [-0.2, 0) is 22.6 Å². The molecule has 2 aromatic rings. The molecule has 0 bridgehead atoms. The van der Waals surface area contributed by atoms with Crippen LogP contribution in [0.2, 0.25) is 5.02 Å². The summed E-state index contributed by atoms with van der Waals surface area (Å²) in [5.41, 5.74) is 3.92. The Balaban J connectivity index is 1.69. The van der Waals surface area contributed by atoms with Gasteiger partial charge in [0.15, 0.2) is 0 Å². The van der Waals surface area contributed by atoms with Crippen LogP contribution in [0, 0.1) is 12.8 Å². The van der Waals surface area contributed by atoms with E-state index in [1.54, 1.807) is 4.90 Å². The predicted octanol–water partition coefficient (Wildman–Crippen LogP) is 4.20. The highest BCUT2D eigenvalue weighted by Gasteiger charge is 2.34. The molecule has 26 heavy (non-hydrogen) atoms. The van der Waals surface area contributed by atoms with Gasteiger partial charge in [-0.2, -0.15) is 0 Å². The lowest BCUT2D eigenvalue weighted by molar-refractivity contribution is -0.128. The van der Waals surface area contributed by atoms with Crippen LogP contribution in [0.1, 0.15) is 30.0 Å². The van der Waals surface area contributed by atoms with Gasteiger partial charge >= 0.3 is 0 Å². The van der Waals surface area contributed by atoms with Crippen molar-refractivity contribution in [3.63, 3.8) is 0 Å². The Morgan fingerprint density at radius 2 is 1.92 bits per heavy atom. The summed E-state index contributed by atoms with van der Waals surface area (Å²) in [5, 5.41) is 3.68. The maximum atomic E-state index is 12.7. The van der Waals surface area contributed by atoms with E-state index in [1.807, 2.05) is 49.4 Å². The van der Waals surface area contributed by atoms with Crippen molar-refractivity contribution < 1.29 is 9.59 Å². The molecule has 1 aliphatic heterocycles. The first-order valence-corrected chi connectivity index (χ1v) is 9.28. The summed E-state index contributed by atoms with van der Waals surface area (Å²) in [6, 6.07) is 13.5. The second-order valence-electron chi connectivity index (χ2n) is 6.72. The number of nitrogens with zero attached hydrogens (tertiary/aromatic N) is 1. The molecule has 0 spiro atoms. The number of benzene rings is 2. The lowest BCUT2D eigenvalue weighted by Gasteiger charge is -2.18. The molecule has 0 radical (unpaired) electrons. The van der Waals surface area contributed by atoms with Gasteiger partial charge in [0.05, 0.1) is 5.92 Å². The Kier molecular flexibility index (Phi) is 5.62. The zero-order chi connectivity index (χ0) is 18.7. The molecule has 1 heterocycles. The summed E-state index contributed by atoms with van der Waals surface area (Å²) in [4.78, 5) is 26.8. The van der Waals surface area contributed by atoms with Crippen LogP contribution >= 0.6 is 11.6 Å². The van der Waals surface area contributed by atoms with Crippen LogP contribution in [0.3, 0.4) is 0 Å². The summed E-state index contributed by atoms with van der Waals surface area (Å²) >= 11 is 6.19. The molecule has 0 aliphatic carbocycles. The van der Waals surface area contributed by atoms with E-state index >= 15 is 0 Å². The maximum absolute atomic E-state index is 12.7. The van der Waals surface area contributed by atoms with Crippen molar-refractivity contribution in [1.82, 2.24) is 4.90 Å². The minimum absolute atomic E-state index is 0.00873. The standard InChI is InChI=1S/C21H23ClN2O2/c1-3-15-9-6-7-14(2)20(15)23-21(26)17-11-19(25)24(13-17)12-16-8-4-5-10-18(16)22/h4-10,17H,3,11-13H2,1-2H3,(H,23,26). The number of carbonyl (C=O) groups is 2. The van der Waals surface area contributed by atoms with Crippen LogP contribution in [0.5, 0.6) is 0 Å². The van der Waals surface area contributed by atoms with Crippen LogP contribution in [0.15, 0.2) is 42.5 Å². The first kappa shape index (κ1) is 18.5. The molecule has 4 nitrogen and oxygen atoms in total. The zero-order valence-corrected chi connectivity index (χ0v) is 15.8. The molecule has 0 aromatic heterocycles. The number of para-hydroxylation sites is 1. The number of likely N-dealkylation sites (tertiary alicyclic amines) is 1. The molecule has 1 atom stereocenters. The van der Waals surface area contributed by atoms with Crippen molar-refractivity contribution in [1.29, 1.82) is 0 Å². The summed E-state index contributed by atoms with van der Waals surface area (Å²) in [5.74, 6) is -0.441. The third-order valence-corrected chi connectivity index (χ3v) is 5.26. The highest BCUT2D eigenvalue weighted by atomic mass is 35.5. The Bertz CT molecular complexity index is 835. The van der Waals surface area contributed by atoms with Gasteiger partial charge in [-0.05, 0) is 36.1 Å². The number of halogens is 1. The van der Waals surface area contributed by atoms with Crippen LogP contribution in [0.25, 0.3) is 0 Å². The largest absolute Gasteiger partial charge is 0.337 e. The molecule has 2 aromatic carbocycles. The van der Waals surface area contributed by atoms with Gasteiger partial charge in [0.25, 0.3) is 0 Å². The van der Waals surface area contributed by atoms with Crippen molar-refractivity contribution >= 4 is 29.1 Å². The predicted molar refractivity (Wildman–Crippen MR) is 104 cm³/mol. The Hall–Kier alpha value is -2.33. The molecular weight excluding hydrogens is 348 g/mol. The third-order valence-electron chi connectivity index (χ3n) is 4.89. The van der Waals surface area contributed by atoms with Crippen LogP contribution in [0.4, 0.5) is 5.69 Å². The van der Waals surface area contributed by atoms with Gasteiger partial charge in [0.1, 0.15) is 0 Å². The SMILES string of the molecule is CCc1cccc(C)c1NC(=O)C1CC(=O)N(Cc2ccccc2Cl)C1. The lowest BCUT2D eigenvalue weighted by Crippen LogP contribution is -2.28. The molecule has 136 valence electrons.